The van der Waals surface area contributed by atoms with Crippen LogP contribution < -0.4 is 11.1 Å². The van der Waals surface area contributed by atoms with E-state index >= 15 is 0 Å². The molecule has 114 valence electrons. The Hall–Kier alpha value is -1.79. The summed E-state index contributed by atoms with van der Waals surface area (Å²) in [6, 6.07) is -1.64. The maximum atomic E-state index is 12.0. The molecule has 1 rings (SSSR count). The molecule has 0 saturated heterocycles. The molecule has 20 heavy (non-hydrogen) atoms. The number of nitrogens with two attached hydrogens (primary N) is 1. The number of primary amides is 1. The number of nitrogens with one attached hydrogen (secondary N) is 1. The second-order valence-electron chi connectivity index (χ2n) is 5.55. The van der Waals surface area contributed by atoms with Gasteiger partial charge < -0.3 is 21.1 Å². The third kappa shape index (κ3) is 4.71. The molecule has 0 aromatic heterocycles. The maximum Gasteiger partial charge on any atom is 0.326 e. The second-order valence-corrected chi connectivity index (χ2v) is 5.55. The van der Waals surface area contributed by atoms with Gasteiger partial charge in [0.1, 0.15) is 6.04 Å². The van der Waals surface area contributed by atoms with Gasteiger partial charge in [-0.1, -0.05) is 19.8 Å². The highest BCUT2D eigenvalue weighted by molar-refractivity contribution is 5.87. The molecule has 0 aromatic carbocycles. The van der Waals surface area contributed by atoms with Crippen molar-refractivity contribution in [1.82, 2.24) is 10.2 Å². The van der Waals surface area contributed by atoms with Crippen molar-refractivity contribution in [2.45, 2.75) is 51.1 Å². The van der Waals surface area contributed by atoms with Crippen LogP contribution in [0.3, 0.4) is 0 Å². The Morgan fingerprint density at radius 3 is 2.55 bits per heavy atom. The van der Waals surface area contributed by atoms with Gasteiger partial charge in [-0.15, -0.1) is 0 Å². The minimum Gasteiger partial charge on any atom is -0.480 e. The van der Waals surface area contributed by atoms with Gasteiger partial charge in [0.05, 0.1) is 6.42 Å². The van der Waals surface area contributed by atoms with E-state index in [-0.39, 0.29) is 6.04 Å². The summed E-state index contributed by atoms with van der Waals surface area (Å²) in [4.78, 5) is 35.4. The monoisotopic (exact) mass is 285 g/mol. The number of aliphatic carboxylic acids is 1. The van der Waals surface area contributed by atoms with Gasteiger partial charge in [-0.3, -0.25) is 4.79 Å². The second kappa shape index (κ2) is 7.12. The molecule has 7 nitrogen and oxygen atoms in total. The summed E-state index contributed by atoms with van der Waals surface area (Å²) < 4.78 is 0. The van der Waals surface area contributed by atoms with Crippen molar-refractivity contribution in [2.75, 3.05) is 7.05 Å². The van der Waals surface area contributed by atoms with Gasteiger partial charge >= 0.3 is 12.0 Å². The van der Waals surface area contributed by atoms with Gasteiger partial charge in [0.2, 0.25) is 5.91 Å². The van der Waals surface area contributed by atoms with Gasteiger partial charge in [-0.25, -0.2) is 9.59 Å². The van der Waals surface area contributed by atoms with E-state index in [1.807, 2.05) is 0 Å². The molecule has 1 aliphatic carbocycles. The zero-order valence-electron chi connectivity index (χ0n) is 12.0. The van der Waals surface area contributed by atoms with Gasteiger partial charge in [0, 0.05) is 13.1 Å². The summed E-state index contributed by atoms with van der Waals surface area (Å²) in [6.45, 7) is 2.14. The Kier molecular flexibility index (Phi) is 5.79. The van der Waals surface area contributed by atoms with Crippen molar-refractivity contribution in [3.8, 4) is 0 Å². The SMILES string of the molecule is CC1CCCC(N(C)C(=O)NC(CC(N)=O)C(=O)O)C1. The molecule has 0 radical (unpaired) electrons. The average molecular weight is 285 g/mol. The standard InChI is InChI=1S/C13H23N3O4/c1-8-4-3-5-9(6-8)16(2)13(20)15-10(12(18)19)7-11(14)17/h8-10H,3-7H2,1-2H3,(H2,14,17)(H,15,20)(H,18,19). The molecule has 0 heterocycles. The fraction of sp³-hybridized carbons (Fsp3) is 0.769. The van der Waals surface area contributed by atoms with Crippen LogP contribution in [-0.4, -0.2) is 47.0 Å². The average Bonchev–Trinajstić information content (AvgIpc) is 2.36. The molecule has 7 heteroatoms. The highest BCUT2D eigenvalue weighted by Gasteiger charge is 2.28. The number of rotatable bonds is 5. The molecule has 1 aliphatic rings. The first-order valence-corrected chi connectivity index (χ1v) is 6.85. The lowest BCUT2D eigenvalue weighted by Crippen LogP contribution is -2.51. The van der Waals surface area contributed by atoms with E-state index in [0.717, 1.165) is 25.7 Å². The van der Waals surface area contributed by atoms with E-state index < -0.39 is 30.4 Å². The number of urea groups is 1. The minimum atomic E-state index is -1.27. The van der Waals surface area contributed by atoms with Crippen LogP contribution in [0.4, 0.5) is 4.79 Å². The van der Waals surface area contributed by atoms with E-state index in [4.69, 9.17) is 10.8 Å². The summed E-state index contributed by atoms with van der Waals surface area (Å²) in [5, 5.41) is 11.3. The normalized spacial score (nSPS) is 23.7. The number of nitrogens with zero attached hydrogens (tertiary/aromatic N) is 1. The topological polar surface area (TPSA) is 113 Å². The summed E-state index contributed by atoms with van der Waals surface area (Å²) in [5.41, 5.74) is 4.98. The molecule has 0 aromatic rings. The first kappa shape index (κ1) is 16.3. The fourth-order valence-electron chi connectivity index (χ4n) is 2.57. The number of carbonyl (C=O) groups is 3. The summed E-state index contributed by atoms with van der Waals surface area (Å²) >= 11 is 0. The lowest BCUT2D eigenvalue weighted by molar-refractivity contribution is -0.141. The molecule has 0 spiro atoms. The van der Waals surface area contributed by atoms with E-state index in [1.165, 1.54) is 4.90 Å². The Bertz CT molecular complexity index is 386. The summed E-state index contributed by atoms with van der Waals surface area (Å²) in [7, 11) is 1.65. The fourth-order valence-corrected chi connectivity index (χ4v) is 2.57. The van der Waals surface area contributed by atoms with Crippen LogP contribution in [0.1, 0.15) is 39.0 Å². The van der Waals surface area contributed by atoms with Crippen molar-refractivity contribution in [3.05, 3.63) is 0 Å². The molecule has 3 unspecified atom stereocenters. The summed E-state index contributed by atoms with van der Waals surface area (Å²) in [5.74, 6) is -1.46. The van der Waals surface area contributed by atoms with Crippen LogP contribution in [-0.2, 0) is 9.59 Å². The smallest absolute Gasteiger partial charge is 0.326 e. The first-order chi connectivity index (χ1) is 9.31. The molecule has 1 saturated carbocycles. The Labute approximate surface area is 118 Å². The quantitative estimate of drug-likeness (QED) is 0.684. The van der Waals surface area contributed by atoms with E-state index in [0.29, 0.717) is 5.92 Å². The Morgan fingerprint density at radius 2 is 2.05 bits per heavy atom. The van der Waals surface area contributed by atoms with Crippen molar-refractivity contribution in [2.24, 2.45) is 11.7 Å². The molecule has 3 atom stereocenters. The number of carbonyl (C=O) groups excluding carboxylic acids is 2. The van der Waals surface area contributed by atoms with Gasteiger partial charge in [-0.05, 0) is 18.8 Å². The number of carboxylic acid groups (broad SMARTS) is 1. The number of carboxylic acids is 1. The van der Waals surface area contributed by atoms with Crippen molar-refractivity contribution in [1.29, 1.82) is 0 Å². The summed E-state index contributed by atoms with van der Waals surface area (Å²) in [6.07, 6.45) is 3.65. The lowest BCUT2D eigenvalue weighted by Gasteiger charge is -2.34. The van der Waals surface area contributed by atoms with Crippen molar-refractivity contribution < 1.29 is 19.5 Å². The Morgan fingerprint density at radius 1 is 1.40 bits per heavy atom. The highest BCUT2D eigenvalue weighted by atomic mass is 16.4. The minimum absolute atomic E-state index is 0.113. The van der Waals surface area contributed by atoms with Crippen LogP contribution in [0.25, 0.3) is 0 Å². The number of hydrogen-bond donors (Lipinski definition) is 3. The number of hydrogen-bond acceptors (Lipinski definition) is 3. The van der Waals surface area contributed by atoms with Crippen LogP contribution >= 0.6 is 0 Å². The Balaban J connectivity index is 2.58. The van der Waals surface area contributed by atoms with Crippen LogP contribution in [0.2, 0.25) is 0 Å². The maximum absolute atomic E-state index is 12.0. The molecule has 1 fully saturated rings. The van der Waals surface area contributed by atoms with Crippen LogP contribution in [0.5, 0.6) is 0 Å². The van der Waals surface area contributed by atoms with Crippen molar-refractivity contribution in [3.63, 3.8) is 0 Å². The first-order valence-electron chi connectivity index (χ1n) is 6.85. The van der Waals surface area contributed by atoms with E-state index in [2.05, 4.69) is 12.2 Å². The van der Waals surface area contributed by atoms with Gasteiger partial charge in [-0.2, -0.15) is 0 Å². The zero-order valence-corrected chi connectivity index (χ0v) is 12.0. The third-order valence-electron chi connectivity index (χ3n) is 3.78. The molecule has 0 aliphatic heterocycles. The highest BCUT2D eigenvalue weighted by Crippen LogP contribution is 2.26. The largest absolute Gasteiger partial charge is 0.480 e. The molecule has 0 bridgehead atoms. The van der Waals surface area contributed by atoms with Crippen LogP contribution in [0.15, 0.2) is 0 Å². The number of amides is 3. The van der Waals surface area contributed by atoms with E-state index in [1.54, 1.807) is 7.05 Å². The van der Waals surface area contributed by atoms with Crippen molar-refractivity contribution >= 4 is 17.9 Å². The predicted molar refractivity (Wildman–Crippen MR) is 72.9 cm³/mol. The predicted octanol–water partition coefficient (Wildman–Crippen LogP) is 0.535. The van der Waals surface area contributed by atoms with E-state index in [9.17, 15) is 14.4 Å². The molecular formula is C13H23N3O4. The molecular weight excluding hydrogens is 262 g/mol. The molecule has 4 N–H and O–H groups in total. The van der Waals surface area contributed by atoms with Crippen LogP contribution in [0, 0.1) is 5.92 Å². The molecule has 3 amide bonds. The lowest BCUT2D eigenvalue weighted by atomic mass is 9.86. The van der Waals surface area contributed by atoms with Gasteiger partial charge in [0.25, 0.3) is 0 Å². The third-order valence-corrected chi connectivity index (χ3v) is 3.78. The van der Waals surface area contributed by atoms with Gasteiger partial charge in [0.15, 0.2) is 0 Å². The zero-order chi connectivity index (χ0) is 15.3.